The molecule has 0 aliphatic rings. The molecule has 2 heterocycles. The molecule has 1 N–H and O–H groups in total. The van der Waals surface area contributed by atoms with E-state index in [1.54, 1.807) is 18.7 Å². The minimum absolute atomic E-state index is 0.633. The van der Waals surface area contributed by atoms with Gasteiger partial charge in [0.1, 0.15) is 0 Å². The van der Waals surface area contributed by atoms with Gasteiger partial charge >= 0.3 is 0 Å². The maximum absolute atomic E-state index is 5.40. The Labute approximate surface area is 82.0 Å². The molecule has 0 saturated carbocycles. The number of aromatic amines is 1. The van der Waals surface area contributed by atoms with Crippen LogP contribution in [-0.2, 0) is 6.42 Å². The highest BCUT2D eigenvalue weighted by Crippen LogP contribution is 2.03. The third kappa shape index (κ3) is 2.32. The Morgan fingerprint density at radius 2 is 2.29 bits per heavy atom. The lowest BCUT2D eigenvalue weighted by Gasteiger charge is -2.02. The highest BCUT2D eigenvalue weighted by atomic mass is 16.5. The third-order valence-electron chi connectivity index (χ3n) is 1.84. The summed E-state index contributed by atoms with van der Waals surface area (Å²) in [6.45, 7) is 0.633. The number of hydrogen-bond acceptors (Lipinski definition) is 3. The predicted octanol–water partition coefficient (Wildman–Crippen LogP) is 1.43. The Hall–Kier alpha value is -1.84. The van der Waals surface area contributed by atoms with Crippen molar-refractivity contribution < 1.29 is 4.74 Å². The maximum atomic E-state index is 5.40. The van der Waals surface area contributed by atoms with Gasteiger partial charge < -0.3 is 9.72 Å². The van der Waals surface area contributed by atoms with Crippen LogP contribution in [0.3, 0.4) is 0 Å². The second-order valence-corrected chi connectivity index (χ2v) is 2.88. The van der Waals surface area contributed by atoms with Gasteiger partial charge in [-0.3, -0.25) is 4.98 Å². The van der Waals surface area contributed by atoms with Crippen molar-refractivity contribution in [2.75, 3.05) is 6.61 Å². The molecule has 0 unspecified atom stereocenters. The number of nitrogens with one attached hydrogen (secondary N) is 1. The highest BCUT2D eigenvalue weighted by molar-refractivity contribution is 5.09. The zero-order valence-electron chi connectivity index (χ0n) is 7.68. The highest BCUT2D eigenvalue weighted by Gasteiger charge is 1.95. The molecule has 2 aromatic rings. The molecule has 4 nitrogen and oxygen atoms in total. The number of rotatable bonds is 4. The van der Waals surface area contributed by atoms with Crippen LogP contribution < -0.4 is 4.74 Å². The Morgan fingerprint density at radius 1 is 1.29 bits per heavy atom. The topological polar surface area (TPSA) is 50.8 Å². The van der Waals surface area contributed by atoms with Crippen molar-refractivity contribution in [3.63, 3.8) is 0 Å². The first-order chi connectivity index (χ1) is 6.95. The van der Waals surface area contributed by atoms with Gasteiger partial charge in [-0.25, -0.2) is 4.98 Å². The quantitative estimate of drug-likeness (QED) is 0.791. The fraction of sp³-hybridized carbons (Fsp3) is 0.200. The summed E-state index contributed by atoms with van der Waals surface area (Å²) in [6, 6.07) is 3.95. The molecule has 4 heteroatoms. The molecule has 2 aromatic heterocycles. The second-order valence-electron chi connectivity index (χ2n) is 2.88. The zero-order valence-corrected chi connectivity index (χ0v) is 7.68. The molecule has 0 fully saturated rings. The van der Waals surface area contributed by atoms with Crippen molar-refractivity contribution in [2.24, 2.45) is 0 Å². The third-order valence-corrected chi connectivity index (χ3v) is 1.84. The second kappa shape index (κ2) is 4.41. The van der Waals surface area contributed by atoms with Gasteiger partial charge in [-0.1, -0.05) is 6.07 Å². The van der Waals surface area contributed by atoms with Crippen molar-refractivity contribution >= 4 is 0 Å². The van der Waals surface area contributed by atoms with E-state index in [0.29, 0.717) is 12.5 Å². The predicted molar refractivity (Wildman–Crippen MR) is 52.0 cm³/mol. The van der Waals surface area contributed by atoms with Crippen LogP contribution in [0.5, 0.6) is 5.88 Å². The SMILES string of the molecule is c1cncc(CCOc2cnc[nH]2)c1. The van der Waals surface area contributed by atoms with Crippen LogP contribution in [0.15, 0.2) is 37.1 Å². The van der Waals surface area contributed by atoms with E-state index >= 15 is 0 Å². The van der Waals surface area contributed by atoms with Crippen LogP contribution in [0, 0.1) is 0 Å². The lowest BCUT2D eigenvalue weighted by Crippen LogP contribution is -2.01. The van der Waals surface area contributed by atoms with Gasteiger partial charge in [0.05, 0.1) is 19.1 Å². The molecule has 0 saturated heterocycles. The van der Waals surface area contributed by atoms with E-state index in [4.69, 9.17) is 4.74 Å². The molecule has 0 bridgehead atoms. The van der Waals surface area contributed by atoms with E-state index in [2.05, 4.69) is 15.0 Å². The van der Waals surface area contributed by atoms with Crippen LogP contribution in [-0.4, -0.2) is 21.6 Å². The number of nitrogens with zero attached hydrogens (tertiary/aromatic N) is 2. The summed E-state index contributed by atoms with van der Waals surface area (Å²) in [4.78, 5) is 10.8. The van der Waals surface area contributed by atoms with Crippen LogP contribution in [0.1, 0.15) is 5.56 Å². The van der Waals surface area contributed by atoms with Crippen molar-refractivity contribution in [1.29, 1.82) is 0 Å². The first-order valence-corrected chi connectivity index (χ1v) is 4.45. The van der Waals surface area contributed by atoms with Crippen LogP contribution in [0.25, 0.3) is 0 Å². The number of pyridine rings is 1. The Kier molecular flexibility index (Phi) is 2.76. The van der Waals surface area contributed by atoms with Crippen molar-refractivity contribution in [3.05, 3.63) is 42.6 Å². The average molecular weight is 189 g/mol. The molecule has 0 aliphatic carbocycles. The van der Waals surface area contributed by atoms with Gasteiger partial charge in [-0.05, 0) is 11.6 Å². The van der Waals surface area contributed by atoms with Gasteiger partial charge in [0.15, 0.2) is 0 Å². The number of H-pyrrole nitrogens is 1. The molecule has 0 atom stereocenters. The summed E-state index contributed by atoms with van der Waals surface area (Å²) in [6.07, 6.45) is 7.71. The van der Waals surface area contributed by atoms with Crippen molar-refractivity contribution in [2.45, 2.75) is 6.42 Å². The number of hydrogen-bond donors (Lipinski definition) is 1. The molecule has 14 heavy (non-hydrogen) atoms. The molecular weight excluding hydrogens is 178 g/mol. The lowest BCUT2D eigenvalue weighted by atomic mass is 10.2. The van der Waals surface area contributed by atoms with Gasteiger partial charge in [0, 0.05) is 18.8 Å². The molecule has 0 spiro atoms. The minimum atomic E-state index is 0.633. The van der Waals surface area contributed by atoms with E-state index in [9.17, 15) is 0 Å². The normalized spacial score (nSPS) is 10.0. The van der Waals surface area contributed by atoms with E-state index < -0.39 is 0 Å². The average Bonchev–Trinajstić information content (AvgIpc) is 2.72. The summed E-state index contributed by atoms with van der Waals surface area (Å²) < 4.78 is 5.40. The smallest absolute Gasteiger partial charge is 0.210 e. The fourth-order valence-corrected chi connectivity index (χ4v) is 1.15. The Morgan fingerprint density at radius 3 is 3.00 bits per heavy atom. The van der Waals surface area contributed by atoms with Crippen LogP contribution >= 0.6 is 0 Å². The zero-order chi connectivity index (χ0) is 9.64. The van der Waals surface area contributed by atoms with Crippen molar-refractivity contribution in [1.82, 2.24) is 15.0 Å². The molecule has 0 amide bonds. The van der Waals surface area contributed by atoms with E-state index in [1.165, 1.54) is 5.56 Å². The molecule has 2 rings (SSSR count). The van der Waals surface area contributed by atoms with Gasteiger partial charge in [0.25, 0.3) is 0 Å². The van der Waals surface area contributed by atoms with E-state index in [-0.39, 0.29) is 0 Å². The minimum Gasteiger partial charge on any atom is -0.478 e. The Bertz CT molecular complexity index is 358. The molecular formula is C10H11N3O. The Balaban J connectivity index is 1.79. The number of aromatic nitrogens is 3. The summed E-state index contributed by atoms with van der Waals surface area (Å²) in [5.41, 5.74) is 1.17. The lowest BCUT2D eigenvalue weighted by molar-refractivity contribution is 0.311. The van der Waals surface area contributed by atoms with Crippen LogP contribution in [0.4, 0.5) is 0 Å². The van der Waals surface area contributed by atoms with Gasteiger partial charge in [-0.2, -0.15) is 0 Å². The maximum Gasteiger partial charge on any atom is 0.210 e. The van der Waals surface area contributed by atoms with Gasteiger partial charge in [-0.15, -0.1) is 0 Å². The van der Waals surface area contributed by atoms with Crippen molar-refractivity contribution in [3.8, 4) is 5.88 Å². The summed E-state index contributed by atoms with van der Waals surface area (Å²) in [7, 11) is 0. The number of ether oxygens (including phenoxy) is 1. The first-order valence-electron chi connectivity index (χ1n) is 4.45. The molecule has 0 radical (unpaired) electrons. The standard InChI is InChI=1S/C10H11N3O/c1-2-9(6-11-4-1)3-5-14-10-7-12-8-13-10/h1-2,4,6-8H,3,5H2,(H,12,13). The largest absolute Gasteiger partial charge is 0.478 e. The summed E-state index contributed by atoms with van der Waals surface area (Å²) in [5, 5.41) is 0. The number of imidazole rings is 1. The first kappa shape index (κ1) is 8.74. The molecule has 0 aromatic carbocycles. The van der Waals surface area contributed by atoms with Crippen LogP contribution in [0.2, 0.25) is 0 Å². The molecule has 72 valence electrons. The summed E-state index contributed by atoms with van der Waals surface area (Å²) in [5.74, 6) is 0.703. The molecule has 0 aliphatic heterocycles. The monoisotopic (exact) mass is 189 g/mol. The van der Waals surface area contributed by atoms with Gasteiger partial charge in [0.2, 0.25) is 5.88 Å². The van der Waals surface area contributed by atoms with E-state index in [0.717, 1.165) is 6.42 Å². The fourth-order valence-electron chi connectivity index (χ4n) is 1.15. The summed E-state index contributed by atoms with van der Waals surface area (Å²) >= 11 is 0. The van der Waals surface area contributed by atoms with E-state index in [1.807, 2.05) is 18.3 Å².